The molecule has 1 unspecified atom stereocenters. The third-order valence-electron chi connectivity index (χ3n) is 5.32. The molecule has 6 heteroatoms. The van der Waals surface area contributed by atoms with Crippen molar-refractivity contribution in [1.82, 2.24) is 25.0 Å². The Bertz CT molecular complexity index is 923. The van der Waals surface area contributed by atoms with E-state index < -0.39 is 0 Å². The molecule has 1 amide bonds. The van der Waals surface area contributed by atoms with Crippen LogP contribution in [0.15, 0.2) is 61.1 Å². The van der Waals surface area contributed by atoms with Crippen molar-refractivity contribution in [1.29, 1.82) is 0 Å². The fraction of sp³-hybridized carbons (Fsp3) is 0.318. The van der Waals surface area contributed by atoms with E-state index in [9.17, 15) is 4.79 Å². The van der Waals surface area contributed by atoms with E-state index in [0.717, 1.165) is 30.8 Å². The fourth-order valence-corrected chi connectivity index (χ4v) is 3.82. The first-order valence-electron chi connectivity index (χ1n) is 9.84. The van der Waals surface area contributed by atoms with Gasteiger partial charge in [0.05, 0.1) is 11.3 Å². The van der Waals surface area contributed by atoms with Gasteiger partial charge in [-0.25, -0.2) is 4.68 Å². The van der Waals surface area contributed by atoms with E-state index in [4.69, 9.17) is 0 Å². The van der Waals surface area contributed by atoms with E-state index in [2.05, 4.69) is 27.2 Å². The van der Waals surface area contributed by atoms with Crippen molar-refractivity contribution in [2.24, 2.45) is 0 Å². The van der Waals surface area contributed by atoms with E-state index in [1.807, 2.05) is 42.5 Å². The molecular formula is C22H25N5O. The standard InChI is InChI=1S/C22H25N5O/c1-2-26-13-7-11-19(26)15-24-22(28)20-16-27(18-9-4-3-5-10-18)25-21(20)17-8-6-12-23-14-17/h3-6,8-10,12,14,16,19H,2,7,11,13,15H2,1H3,(H,24,28). The van der Waals surface area contributed by atoms with Crippen LogP contribution in [-0.2, 0) is 0 Å². The van der Waals surface area contributed by atoms with Gasteiger partial charge in [0.2, 0.25) is 0 Å². The molecule has 3 heterocycles. The number of amides is 1. The highest BCUT2D eigenvalue weighted by molar-refractivity contribution is 5.99. The van der Waals surface area contributed by atoms with Crippen LogP contribution in [0.4, 0.5) is 0 Å². The van der Waals surface area contributed by atoms with Crippen molar-refractivity contribution >= 4 is 5.91 Å². The molecule has 0 spiro atoms. The van der Waals surface area contributed by atoms with Crippen LogP contribution in [0.25, 0.3) is 16.9 Å². The van der Waals surface area contributed by atoms with E-state index in [1.165, 1.54) is 6.42 Å². The highest BCUT2D eigenvalue weighted by Crippen LogP contribution is 2.23. The summed E-state index contributed by atoms with van der Waals surface area (Å²) in [4.78, 5) is 19.6. The molecule has 1 N–H and O–H groups in total. The SMILES string of the molecule is CCN1CCCC1CNC(=O)c1cn(-c2ccccc2)nc1-c1cccnc1. The van der Waals surface area contributed by atoms with E-state index in [1.54, 1.807) is 23.3 Å². The lowest BCUT2D eigenvalue weighted by Crippen LogP contribution is -2.40. The van der Waals surface area contributed by atoms with Crippen molar-refractivity contribution in [3.05, 3.63) is 66.6 Å². The number of pyridine rings is 1. The van der Waals surface area contributed by atoms with Gasteiger partial charge in [-0.05, 0) is 50.2 Å². The molecule has 144 valence electrons. The number of likely N-dealkylation sites (tertiary alicyclic amines) is 1. The van der Waals surface area contributed by atoms with Crippen molar-refractivity contribution in [3.8, 4) is 16.9 Å². The average Bonchev–Trinajstić information content (AvgIpc) is 3.40. The van der Waals surface area contributed by atoms with Crippen LogP contribution < -0.4 is 5.32 Å². The van der Waals surface area contributed by atoms with E-state index in [-0.39, 0.29) is 5.91 Å². The Balaban J connectivity index is 1.61. The molecule has 1 aliphatic heterocycles. The number of likely N-dealkylation sites (N-methyl/N-ethyl adjacent to an activating group) is 1. The molecule has 0 saturated carbocycles. The van der Waals surface area contributed by atoms with Gasteiger partial charge in [-0.15, -0.1) is 0 Å². The zero-order valence-electron chi connectivity index (χ0n) is 16.1. The zero-order valence-corrected chi connectivity index (χ0v) is 16.1. The molecule has 1 fully saturated rings. The number of rotatable bonds is 6. The Morgan fingerprint density at radius 1 is 1.21 bits per heavy atom. The van der Waals surface area contributed by atoms with Gasteiger partial charge in [0.25, 0.3) is 5.91 Å². The van der Waals surface area contributed by atoms with Crippen LogP contribution in [0, 0.1) is 0 Å². The van der Waals surface area contributed by atoms with Gasteiger partial charge in [0.15, 0.2) is 0 Å². The number of benzene rings is 1. The van der Waals surface area contributed by atoms with Gasteiger partial charge >= 0.3 is 0 Å². The molecule has 28 heavy (non-hydrogen) atoms. The van der Waals surface area contributed by atoms with Gasteiger partial charge in [0.1, 0.15) is 5.69 Å². The molecule has 3 aromatic rings. The number of carbonyl (C=O) groups is 1. The maximum atomic E-state index is 13.0. The van der Waals surface area contributed by atoms with Crippen LogP contribution in [0.3, 0.4) is 0 Å². The van der Waals surface area contributed by atoms with E-state index >= 15 is 0 Å². The summed E-state index contributed by atoms with van der Waals surface area (Å²) in [7, 11) is 0. The molecule has 1 saturated heterocycles. The molecule has 6 nitrogen and oxygen atoms in total. The molecule has 0 radical (unpaired) electrons. The first-order chi connectivity index (χ1) is 13.8. The van der Waals surface area contributed by atoms with Gasteiger partial charge < -0.3 is 5.32 Å². The van der Waals surface area contributed by atoms with Crippen LogP contribution in [-0.4, -0.2) is 51.2 Å². The third kappa shape index (κ3) is 3.82. The van der Waals surface area contributed by atoms with Crippen molar-refractivity contribution in [2.75, 3.05) is 19.6 Å². The minimum absolute atomic E-state index is 0.0935. The zero-order chi connectivity index (χ0) is 19.3. The predicted octanol–water partition coefficient (Wildman–Crippen LogP) is 3.15. The molecule has 4 rings (SSSR count). The minimum Gasteiger partial charge on any atom is -0.350 e. The van der Waals surface area contributed by atoms with Crippen LogP contribution in [0.2, 0.25) is 0 Å². The molecule has 1 aromatic carbocycles. The normalized spacial score (nSPS) is 17.0. The first-order valence-corrected chi connectivity index (χ1v) is 9.84. The number of carbonyl (C=O) groups excluding carboxylic acids is 1. The van der Waals surface area contributed by atoms with Crippen molar-refractivity contribution < 1.29 is 4.79 Å². The number of nitrogens with zero attached hydrogens (tertiary/aromatic N) is 4. The second-order valence-electron chi connectivity index (χ2n) is 7.05. The van der Waals surface area contributed by atoms with Gasteiger partial charge in [0, 0.05) is 36.7 Å². The number of hydrogen-bond donors (Lipinski definition) is 1. The number of aromatic nitrogens is 3. The Morgan fingerprint density at radius 3 is 2.82 bits per heavy atom. The van der Waals surface area contributed by atoms with Crippen LogP contribution in [0.5, 0.6) is 0 Å². The summed E-state index contributed by atoms with van der Waals surface area (Å²) < 4.78 is 1.76. The lowest BCUT2D eigenvalue weighted by Gasteiger charge is -2.22. The summed E-state index contributed by atoms with van der Waals surface area (Å²) in [5.74, 6) is -0.0935. The van der Waals surface area contributed by atoms with Gasteiger partial charge in [-0.1, -0.05) is 25.1 Å². The highest BCUT2D eigenvalue weighted by Gasteiger charge is 2.25. The topological polar surface area (TPSA) is 63.1 Å². The van der Waals surface area contributed by atoms with Crippen LogP contribution in [0.1, 0.15) is 30.1 Å². The lowest BCUT2D eigenvalue weighted by molar-refractivity contribution is 0.0942. The highest BCUT2D eigenvalue weighted by atomic mass is 16.1. The Morgan fingerprint density at radius 2 is 2.07 bits per heavy atom. The second kappa shape index (κ2) is 8.35. The summed E-state index contributed by atoms with van der Waals surface area (Å²) in [6.45, 7) is 4.97. The maximum Gasteiger partial charge on any atom is 0.255 e. The largest absolute Gasteiger partial charge is 0.350 e. The van der Waals surface area contributed by atoms with E-state index in [0.29, 0.717) is 23.8 Å². The number of para-hydroxylation sites is 1. The van der Waals surface area contributed by atoms with Gasteiger partial charge in [-0.3, -0.25) is 14.7 Å². The van der Waals surface area contributed by atoms with Gasteiger partial charge in [-0.2, -0.15) is 5.10 Å². The summed E-state index contributed by atoms with van der Waals surface area (Å²) in [6, 6.07) is 14.0. The predicted molar refractivity (Wildman–Crippen MR) is 109 cm³/mol. The molecule has 1 atom stereocenters. The monoisotopic (exact) mass is 375 g/mol. The van der Waals surface area contributed by atoms with Crippen LogP contribution >= 0.6 is 0 Å². The summed E-state index contributed by atoms with van der Waals surface area (Å²) in [5, 5.41) is 7.81. The molecule has 2 aromatic heterocycles. The van der Waals surface area contributed by atoms with Crippen molar-refractivity contribution in [2.45, 2.75) is 25.8 Å². The first kappa shape index (κ1) is 18.4. The molecule has 0 bridgehead atoms. The third-order valence-corrected chi connectivity index (χ3v) is 5.32. The molecular weight excluding hydrogens is 350 g/mol. The second-order valence-corrected chi connectivity index (χ2v) is 7.05. The maximum absolute atomic E-state index is 13.0. The summed E-state index contributed by atoms with van der Waals surface area (Å²) in [6.07, 6.45) is 7.59. The number of hydrogen-bond acceptors (Lipinski definition) is 4. The van der Waals surface area contributed by atoms with Crippen molar-refractivity contribution in [3.63, 3.8) is 0 Å². The fourth-order valence-electron chi connectivity index (χ4n) is 3.82. The Kier molecular flexibility index (Phi) is 5.48. The summed E-state index contributed by atoms with van der Waals surface area (Å²) >= 11 is 0. The minimum atomic E-state index is -0.0935. The Labute approximate surface area is 165 Å². The molecule has 1 aliphatic rings. The smallest absolute Gasteiger partial charge is 0.255 e. The average molecular weight is 375 g/mol. The quantitative estimate of drug-likeness (QED) is 0.719. The number of nitrogens with one attached hydrogen (secondary N) is 1. The Hall–Kier alpha value is -2.99. The summed E-state index contributed by atoms with van der Waals surface area (Å²) in [5.41, 5.74) is 2.96. The lowest BCUT2D eigenvalue weighted by atomic mass is 10.1. The molecule has 0 aliphatic carbocycles.